The minimum Gasteiger partial charge on any atom is -0.337 e. The standard InChI is InChI=1S/C24H27N7O/c1-3-25-11-17-12-26-13-19(15(17)2)16-6-7-20-18(10-16)22(30-29-20)23-27-14-21(28-23)24(32)31-8-4-5-9-31/h6-7,10,12-14,25H,3-5,8-9,11H2,1-2H3,(H,27,28)(H,29,30). The molecule has 4 aromatic rings. The van der Waals surface area contributed by atoms with Crippen molar-refractivity contribution in [2.24, 2.45) is 0 Å². The summed E-state index contributed by atoms with van der Waals surface area (Å²) in [5.74, 6) is 0.590. The number of carbonyl (C=O) groups is 1. The van der Waals surface area contributed by atoms with Gasteiger partial charge in [0, 0.05) is 43.0 Å². The zero-order valence-corrected chi connectivity index (χ0v) is 18.4. The molecule has 8 heteroatoms. The number of nitrogens with one attached hydrogen (secondary N) is 3. The van der Waals surface area contributed by atoms with Crippen LogP contribution < -0.4 is 5.32 Å². The maximum atomic E-state index is 12.7. The maximum absolute atomic E-state index is 12.7. The van der Waals surface area contributed by atoms with Gasteiger partial charge in [0.15, 0.2) is 5.82 Å². The first-order valence-corrected chi connectivity index (χ1v) is 11.1. The number of pyridine rings is 1. The zero-order chi connectivity index (χ0) is 22.1. The Hall–Kier alpha value is -3.52. The summed E-state index contributed by atoms with van der Waals surface area (Å²) in [6.07, 6.45) is 7.56. The summed E-state index contributed by atoms with van der Waals surface area (Å²) >= 11 is 0. The molecule has 1 aromatic carbocycles. The van der Waals surface area contributed by atoms with Crippen LogP contribution in [0.15, 0.2) is 36.8 Å². The number of hydrogen-bond acceptors (Lipinski definition) is 5. The van der Waals surface area contributed by atoms with Crippen molar-refractivity contribution in [3.8, 4) is 22.6 Å². The highest BCUT2D eigenvalue weighted by Crippen LogP contribution is 2.31. The number of carbonyl (C=O) groups excluding carboxylic acids is 1. The van der Waals surface area contributed by atoms with Crippen molar-refractivity contribution in [1.29, 1.82) is 0 Å². The highest BCUT2D eigenvalue weighted by molar-refractivity contribution is 5.96. The summed E-state index contributed by atoms with van der Waals surface area (Å²) in [6, 6.07) is 6.21. The third-order valence-electron chi connectivity index (χ3n) is 6.18. The number of nitrogens with zero attached hydrogens (tertiary/aromatic N) is 4. The number of amides is 1. The third-order valence-corrected chi connectivity index (χ3v) is 6.18. The smallest absolute Gasteiger partial charge is 0.271 e. The molecule has 1 amide bonds. The van der Waals surface area contributed by atoms with Crippen LogP contribution in [0.3, 0.4) is 0 Å². The molecule has 3 N–H and O–H groups in total. The Morgan fingerprint density at radius 1 is 1.19 bits per heavy atom. The van der Waals surface area contributed by atoms with Gasteiger partial charge < -0.3 is 15.2 Å². The van der Waals surface area contributed by atoms with Gasteiger partial charge in [0.2, 0.25) is 0 Å². The molecule has 1 fully saturated rings. The minimum atomic E-state index is 0.000910. The number of H-pyrrole nitrogens is 2. The lowest BCUT2D eigenvalue weighted by Gasteiger charge is -2.13. The fourth-order valence-corrected chi connectivity index (χ4v) is 4.30. The first kappa shape index (κ1) is 20.4. The lowest BCUT2D eigenvalue weighted by atomic mass is 9.98. The van der Waals surface area contributed by atoms with Crippen molar-refractivity contribution in [3.63, 3.8) is 0 Å². The molecule has 0 atom stereocenters. The van der Waals surface area contributed by atoms with Gasteiger partial charge in [-0.3, -0.25) is 14.9 Å². The average Bonchev–Trinajstić information content (AvgIpc) is 3.58. The zero-order valence-electron chi connectivity index (χ0n) is 18.4. The van der Waals surface area contributed by atoms with E-state index in [-0.39, 0.29) is 5.91 Å². The fraction of sp³-hybridized carbons (Fsp3) is 0.333. The Morgan fingerprint density at radius 2 is 2.03 bits per heavy atom. The summed E-state index contributed by atoms with van der Waals surface area (Å²) in [6.45, 7) is 7.55. The van der Waals surface area contributed by atoms with Gasteiger partial charge in [-0.1, -0.05) is 13.0 Å². The van der Waals surface area contributed by atoms with Crippen LogP contribution in [-0.4, -0.2) is 55.6 Å². The van der Waals surface area contributed by atoms with Crippen molar-refractivity contribution in [2.45, 2.75) is 33.2 Å². The van der Waals surface area contributed by atoms with Gasteiger partial charge >= 0.3 is 0 Å². The quantitative estimate of drug-likeness (QED) is 0.434. The SMILES string of the molecule is CCNCc1cncc(-c2ccc3[nH]nc(-c4ncc(C(=O)N5CCCC5)[nH]4)c3c2)c1C. The van der Waals surface area contributed by atoms with Crippen LogP contribution in [0.25, 0.3) is 33.5 Å². The number of aromatic amines is 2. The minimum absolute atomic E-state index is 0.000910. The van der Waals surface area contributed by atoms with E-state index < -0.39 is 0 Å². The second-order valence-corrected chi connectivity index (χ2v) is 8.23. The molecule has 4 heterocycles. The van der Waals surface area contributed by atoms with Crippen molar-refractivity contribution in [3.05, 3.63) is 53.6 Å². The molecule has 0 spiro atoms. The van der Waals surface area contributed by atoms with E-state index in [0.29, 0.717) is 17.2 Å². The predicted molar refractivity (Wildman–Crippen MR) is 124 cm³/mol. The second-order valence-electron chi connectivity index (χ2n) is 8.23. The first-order chi connectivity index (χ1) is 15.7. The Balaban J connectivity index is 1.50. The van der Waals surface area contributed by atoms with E-state index in [2.05, 4.69) is 56.4 Å². The summed E-state index contributed by atoms with van der Waals surface area (Å²) in [4.78, 5) is 26.7. The third kappa shape index (κ3) is 3.67. The van der Waals surface area contributed by atoms with Crippen LogP contribution in [0.5, 0.6) is 0 Å². The van der Waals surface area contributed by atoms with Gasteiger partial charge in [0.25, 0.3) is 5.91 Å². The maximum Gasteiger partial charge on any atom is 0.271 e. The van der Waals surface area contributed by atoms with Gasteiger partial charge in [0.05, 0.1) is 11.7 Å². The lowest BCUT2D eigenvalue weighted by Crippen LogP contribution is -2.27. The number of fused-ring (bicyclic) bond motifs is 1. The summed E-state index contributed by atoms with van der Waals surface area (Å²) in [7, 11) is 0. The topological polar surface area (TPSA) is 103 Å². The van der Waals surface area contributed by atoms with Crippen LogP contribution in [-0.2, 0) is 6.54 Å². The van der Waals surface area contributed by atoms with Crippen molar-refractivity contribution in [2.75, 3.05) is 19.6 Å². The predicted octanol–water partition coefficient (Wildman–Crippen LogP) is 3.67. The monoisotopic (exact) mass is 429 g/mol. The van der Waals surface area contributed by atoms with Crippen LogP contribution in [0.1, 0.15) is 41.4 Å². The number of likely N-dealkylation sites (tertiary alicyclic amines) is 1. The van der Waals surface area contributed by atoms with Gasteiger partial charge in [0.1, 0.15) is 11.4 Å². The van der Waals surface area contributed by atoms with Crippen LogP contribution >= 0.6 is 0 Å². The number of hydrogen-bond donors (Lipinski definition) is 3. The molecule has 32 heavy (non-hydrogen) atoms. The van der Waals surface area contributed by atoms with E-state index in [9.17, 15) is 4.79 Å². The lowest BCUT2D eigenvalue weighted by molar-refractivity contribution is 0.0787. The Bertz CT molecular complexity index is 1270. The first-order valence-electron chi connectivity index (χ1n) is 11.1. The Kier molecular flexibility index (Phi) is 5.45. The van der Waals surface area contributed by atoms with E-state index in [1.54, 1.807) is 6.20 Å². The second kappa shape index (κ2) is 8.55. The van der Waals surface area contributed by atoms with E-state index in [1.165, 1.54) is 11.1 Å². The highest BCUT2D eigenvalue weighted by Gasteiger charge is 2.22. The molecule has 0 bridgehead atoms. The molecule has 1 aliphatic heterocycles. The summed E-state index contributed by atoms with van der Waals surface area (Å²) in [5.41, 5.74) is 6.70. The van der Waals surface area contributed by atoms with Crippen LogP contribution in [0, 0.1) is 6.92 Å². The largest absolute Gasteiger partial charge is 0.337 e. The molecule has 1 saturated heterocycles. The molecule has 3 aromatic heterocycles. The molecule has 1 aliphatic rings. The summed E-state index contributed by atoms with van der Waals surface area (Å²) < 4.78 is 0. The molecule has 0 aliphatic carbocycles. The molecule has 5 rings (SSSR count). The molecule has 164 valence electrons. The highest BCUT2D eigenvalue weighted by atomic mass is 16.2. The fourth-order valence-electron chi connectivity index (χ4n) is 4.30. The molecule has 0 radical (unpaired) electrons. The molecule has 0 saturated carbocycles. The van der Waals surface area contributed by atoms with E-state index >= 15 is 0 Å². The number of imidazole rings is 1. The van der Waals surface area contributed by atoms with Crippen molar-refractivity contribution in [1.82, 2.24) is 35.4 Å². The van der Waals surface area contributed by atoms with Gasteiger partial charge in [-0.15, -0.1) is 0 Å². The van der Waals surface area contributed by atoms with E-state index in [4.69, 9.17) is 0 Å². The van der Waals surface area contributed by atoms with E-state index in [0.717, 1.165) is 61.1 Å². The van der Waals surface area contributed by atoms with Crippen LogP contribution in [0.4, 0.5) is 0 Å². The average molecular weight is 430 g/mol. The normalized spacial score (nSPS) is 13.9. The summed E-state index contributed by atoms with van der Waals surface area (Å²) in [5, 5.41) is 11.9. The Morgan fingerprint density at radius 3 is 2.84 bits per heavy atom. The molecular formula is C24H27N7O. The van der Waals surface area contributed by atoms with Gasteiger partial charge in [-0.05, 0) is 55.1 Å². The molecule has 0 unspecified atom stereocenters. The van der Waals surface area contributed by atoms with Crippen LogP contribution in [0.2, 0.25) is 0 Å². The number of benzene rings is 1. The Labute approximate surface area is 186 Å². The van der Waals surface area contributed by atoms with Crippen molar-refractivity contribution >= 4 is 16.8 Å². The van der Waals surface area contributed by atoms with Gasteiger partial charge in [-0.25, -0.2) is 4.98 Å². The van der Waals surface area contributed by atoms with E-state index in [1.807, 2.05) is 23.4 Å². The number of aromatic nitrogens is 5. The molecular weight excluding hydrogens is 402 g/mol. The van der Waals surface area contributed by atoms with Gasteiger partial charge in [-0.2, -0.15) is 5.10 Å². The number of rotatable bonds is 6. The van der Waals surface area contributed by atoms with Crippen molar-refractivity contribution < 1.29 is 4.79 Å². The molecule has 8 nitrogen and oxygen atoms in total.